The zero-order chi connectivity index (χ0) is 20.4. The van der Waals surface area contributed by atoms with Gasteiger partial charge in [-0.1, -0.05) is 30.3 Å². The summed E-state index contributed by atoms with van der Waals surface area (Å²) >= 11 is 0. The number of halogens is 1. The summed E-state index contributed by atoms with van der Waals surface area (Å²) in [5.41, 5.74) is 1.07. The quantitative estimate of drug-likeness (QED) is 0.540. The topological polar surface area (TPSA) is 66.0 Å². The van der Waals surface area contributed by atoms with Crippen molar-refractivity contribution in [2.45, 2.75) is 19.6 Å². The third kappa shape index (κ3) is 7.65. The van der Waals surface area contributed by atoms with Gasteiger partial charge in [-0.2, -0.15) is 0 Å². The zero-order valence-electron chi connectivity index (χ0n) is 16.5. The first-order valence-electron chi connectivity index (χ1n) is 9.12. The van der Waals surface area contributed by atoms with E-state index in [0.29, 0.717) is 24.8 Å². The minimum absolute atomic E-state index is 0.0511. The van der Waals surface area contributed by atoms with Gasteiger partial charge in [0.1, 0.15) is 17.7 Å². The molecule has 0 aromatic heterocycles. The van der Waals surface area contributed by atoms with Crippen LogP contribution in [0.15, 0.2) is 59.6 Å². The van der Waals surface area contributed by atoms with Crippen molar-refractivity contribution in [2.75, 3.05) is 27.2 Å². The molecule has 0 bridgehead atoms. The van der Waals surface area contributed by atoms with Gasteiger partial charge in [0.2, 0.25) is 5.91 Å². The third-order valence-corrected chi connectivity index (χ3v) is 3.88. The van der Waals surface area contributed by atoms with E-state index < -0.39 is 0 Å². The molecule has 150 valence electrons. The lowest BCUT2D eigenvalue weighted by Crippen LogP contribution is -2.45. The van der Waals surface area contributed by atoms with Crippen LogP contribution in [-0.4, -0.2) is 50.1 Å². The van der Waals surface area contributed by atoms with Crippen LogP contribution in [0.5, 0.6) is 5.75 Å². The number of carbonyl (C=O) groups is 1. The van der Waals surface area contributed by atoms with Crippen LogP contribution in [0.4, 0.5) is 4.39 Å². The second-order valence-electron chi connectivity index (χ2n) is 6.56. The molecule has 2 rings (SSSR count). The second-order valence-corrected chi connectivity index (χ2v) is 6.56. The lowest BCUT2D eigenvalue weighted by Gasteiger charge is -2.19. The zero-order valence-corrected chi connectivity index (χ0v) is 16.5. The first-order chi connectivity index (χ1) is 13.4. The lowest BCUT2D eigenvalue weighted by atomic mass is 10.2. The molecule has 2 aromatic rings. The van der Waals surface area contributed by atoms with Gasteiger partial charge in [-0.3, -0.25) is 4.79 Å². The molecule has 2 aromatic carbocycles. The summed E-state index contributed by atoms with van der Waals surface area (Å²) in [7, 11) is 3.41. The largest absolute Gasteiger partial charge is 0.489 e. The molecule has 0 fully saturated rings. The van der Waals surface area contributed by atoms with Crippen molar-refractivity contribution in [3.63, 3.8) is 0 Å². The van der Waals surface area contributed by atoms with Gasteiger partial charge in [0.15, 0.2) is 5.96 Å². The molecule has 0 aliphatic heterocycles. The first-order valence-corrected chi connectivity index (χ1v) is 9.12. The fourth-order valence-electron chi connectivity index (χ4n) is 2.27. The van der Waals surface area contributed by atoms with Crippen molar-refractivity contribution >= 4 is 11.9 Å². The molecule has 0 spiro atoms. The van der Waals surface area contributed by atoms with Crippen molar-refractivity contribution in [3.8, 4) is 5.75 Å². The number of nitrogens with zero attached hydrogens (tertiary/aromatic N) is 2. The predicted octanol–water partition coefficient (Wildman–Crippen LogP) is 2.42. The van der Waals surface area contributed by atoms with Gasteiger partial charge < -0.3 is 20.3 Å². The lowest BCUT2D eigenvalue weighted by molar-refractivity contribution is -0.127. The molecule has 1 amide bonds. The monoisotopic (exact) mass is 386 g/mol. The normalized spacial score (nSPS) is 12.2. The van der Waals surface area contributed by atoms with Gasteiger partial charge in [-0.25, -0.2) is 9.38 Å². The number of aliphatic imine (C=N–C) groups is 1. The second kappa shape index (κ2) is 10.9. The van der Waals surface area contributed by atoms with Gasteiger partial charge in [0.25, 0.3) is 0 Å². The molecule has 0 radical (unpaired) electrons. The average Bonchev–Trinajstić information content (AvgIpc) is 2.69. The van der Waals surface area contributed by atoms with Crippen molar-refractivity contribution in [3.05, 3.63) is 66.0 Å². The maximum absolute atomic E-state index is 13.0. The molecule has 0 saturated heterocycles. The highest BCUT2D eigenvalue weighted by Gasteiger charge is 2.09. The smallest absolute Gasteiger partial charge is 0.241 e. The van der Waals surface area contributed by atoms with Crippen molar-refractivity contribution in [1.29, 1.82) is 0 Å². The maximum atomic E-state index is 13.0. The highest BCUT2D eigenvalue weighted by atomic mass is 19.1. The van der Waals surface area contributed by atoms with Crippen LogP contribution >= 0.6 is 0 Å². The van der Waals surface area contributed by atoms with E-state index in [2.05, 4.69) is 15.6 Å². The van der Waals surface area contributed by atoms with Crippen LogP contribution in [0.2, 0.25) is 0 Å². The van der Waals surface area contributed by atoms with Gasteiger partial charge in [-0.15, -0.1) is 0 Å². The van der Waals surface area contributed by atoms with E-state index >= 15 is 0 Å². The minimum atomic E-state index is -0.303. The number of hydrogen-bond acceptors (Lipinski definition) is 3. The summed E-state index contributed by atoms with van der Waals surface area (Å²) in [6.45, 7) is 2.99. The number of benzene rings is 2. The minimum Gasteiger partial charge on any atom is -0.489 e. The van der Waals surface area contributed by atoms with E-state index in [1.165, 1.54) is 17.0 Å². The van der Waals surface area contributed by atoms with Crippen LogP contribution < -0.4 is 15.4 Å². The fourth-order valence-corrected chi connectivity index (χ4v) is 2.27. The Morgan fingerprint density at radius 1 is 1.11 bits per heavy atom. The summed E-state index contributed by atoms with van der Waals surface area (Å²) in [6.07, 6.45) is -0.182. The molecular weight excluding hydrogens is 359 g/mol. The molecule has 0 aliphatic rings. The molecule has 2 N–H and O–H groups in total. The van der Waals surface area contributed by atoms with E-state index in [-0.39, 0.29) is 24.4 Å². The number of nitrogens with one attached hydrogen (secondary N) is 2. The van der Waals surface area contributed by atoms with E-state index in [9.17, 15) is 9.18 Å². The molecule has 7 heteroatoms. The summed E-state index contributed by atoms with van der Waals surface area (Å²) in [5.74, 6) is 0.760. The standard InChI is InChI=1S/C21H27FN4O2/c1-16(28-19-11-9-18(22)10-12-19)13-23-21(25-15-20(27)26(2)3)24-14-17-7-5-4-6-8-17/h4-12,16H,13-15H2,1-3H3,(H2,23,24,25). The molecule has 28 heavy (non-hydrogen) atoms. The van der Waals surface area contributed by atoms with Crippen LogP contribution in [0, 0.1) is 5.82 Å². The SMILES string of the molecule is CC(CNC(=NCc1ccccc1)NCC(=O)N(C)C)Oc1ccc(F)cc1. The maximum Gasteiger partial charge on any atom is 0.241 e. The van der Waals surface area contributed by atoms with Crippen LogP contribution in [0.3, 0.4) is 0 Å². The Morgan fingerprint density at radius 3 is 2.43 bits per heavy atom. The number of hydrogen-bond donors (Lipinski definition) is 2. The van der Waals surface area contributed by atoms with Crippen molar-refractivity contribution in [2.24, 2.45) is 4.99 Å². The summed E-state index contributed by atoms with van der Waals surface area (Å²) in [5, 5.41) is 6.23. The molecule has 0 saturated carbocycles. The number of likely N-dealkylation sites (N-methyl/N-ethyl adjacent to an activating group) is 1. The molecule has 0 aliphatic carbocycles. The Morgan fingerprint density at radius 2 is 1.79 bits per heavy atom. The number of rotatable bonds is 8. The molecule has 0 heterocycles. The Balaban J connectivity index is 1.93. The van der Waals surface area contributed by atoms with Gasteiger partial charge in [-0.05, 0) is 36.8 Å². The van der Waals surface area contributed by atoms with Gasteiger partial charge in [0.05, 0.1) is 19.6 Å². The van der Waals surface area contributed by atoms with Gasteiger partial charge >= 0.3 is 0 Å². The van der Waals surface area contributed by atoms with Crippen LogP contribution in [0.1, 0.15) is 12.5 Å². The van der Waals surface area contributed by atoms with E-state index in [1.54, 1.807) is 26.2 Å². The Hall–Kier alpha value is -3.09. The summed E-state index contributed by atoms with van der Waals surface area (Å²) in [4.78, 5) is 17.9. The average molecular weight is 386 g/mol. The Bertz CT molecular complexity index is 764. The van der Waals surface area contributed by atoms with E-state index in [4.69, 9.17) is 4.74 Å². The highest BCUT2D eigenvalue weighted by Crippen LogP contribution is 2.12. The summed E-state index contributed by atoms with van der Waals surface area (Å²) < 4.78 is 18.7. The van der Waals surface area contributed by atoms with Crippen LogP contribution in [0.25, 0.3) is 0 Å². The predicted molar refractivity (Wildman–Crippen MR) is 109 cm³/mol. The number of amides is 1. The van der Waals surface area contributed by atoms with Crippen molar-refractivity contribution < 1.29 is 13.9 Å². The third-order valence-electron chi connectivity index (χ3n) is 3.88. The molecule has 6 nitrogen and oxygen atoms in total. The van der Waals surface area contributed by atoms with Crippen LogP contribution in [-0.2, 0) is 11.3 Å². The molecule has 1 atom stereocenters. The van der Waals surface area contributed by atoms with E-state index in [1.807, 2.05) is 37.3 Å². The number of guanidine groups is 1. The van der Waals surface area contributed by atoms with Gasteiger partial charge in [0, 0.05) is 14.1 Å². The molecule has 1 unspecified atom stereocenters. The highest BCUT2D eigenvalue weighted by molar-refractivity contribution is 5.86. The summed E-state index contributed by atoms with van der Waals surface area (Å²) in [6, 6.07) is 15.7. The Kier molecular flexibility index (Phi) is 8.27. The Labute approximate surface area is 165 Å². The van der Waals surface area contributed by atoms with E-state index in [0.717, 1.165) is 5.56 Å². The molecular formula is C21H27FN4O2. The van der Waals surface area contributed by atoms with Crippen molar-refractivity contribution in [1.82, 2.24) is 15.5 Å². The first kappa shape index (κ1) is 21.2. The fraction of sp³-hybridized carbons (Fsp3) is 0.333. The number of ether oxygens (including phenoxy) is 1. The number of carbonyl (C=O) groups excluding carboxylic acids is 1.